The Bertz CT molecular complexity index is 1010. The van der Waals surface area contributed by atoms with E-state index < -0.39 is 0 Å². The monoisotopic (exact) mass is 438 g/mol. The molecular weight excluding hydrogens is 408 g/mol. The van der Waals surface area contributed by atoms with Crippen LogP contribution in [0.25, 0.3) is 0 Å². The van der Waals surface area contributed by atoms with Crippen LogP contribution in [0.15, 0.2) is 35.7 Å². The van der Waals surface area contributed by atoms with Crippen molar-refractivity contribution in [2.24, 2.45) is 0 Å². The average molecular weight is 439 g/mol. The molecule has 1 aromatic carbocycles. The number of carbonyl (C=O) groups is 1. The van der Waals surface area contributed by atoms with E-state index in [0.29, 0.717) is 18.9 Å². The molecule has 1 aliphatic heterocycles. The minimum atomic E-state index is 0.153. The largest absolute Gasteiger partial charge is 0.493 e. The van der Waals surface area contributed by atoms with Crippen molar-refractivity contribution in [2.45, 2.75) is 51.9 Å². The zero-order chi connectivity index (χ0) is 21.8. The zero-order valence-corrected chi connectivity index (χ0v) is 19.2. The first-order valence-corrected chi connectivity index (χ1v) is 11.8. The molecule has 31 heavy (non-hydrogen) atoms. The molecule has 1 N–H and O–H groups in total. The molecule has 3 heterocycles. The number of nitrogens with one attached hydrogen (secondary N) is 1. The fourth-order valence-electron chi connectivity index (χ4n) is 3.93. The lowest BCUT2D eigenvalue weighted by molar-refractivity contribution is -0.129. The van der Waals surface area contributed by atoms with Gasteiger partial charge in [0.05, 0.1) is 29.4 Å². The van der Waals surface area contributed by atoms with Gasteiger partial charge in [-0.15, -0.1) is 11.3 Å². The van der Waals surface area contributed by atoms with Gasteiger partial charge in [-0.1, -0.05) is 26.0 Å². The van der Waals surface area contributed by atoms with Crippen LogP contribution < -0.4 is 4.74 Å². The highest BCUT2D eigenvalue weighted by atomic mass is 32.1. The van der Waals surface area contributed by atoms with Gasteiger partial charge in [0.1, 0.15) is 5.75 Å². The predicted octanol–water partition coefficient (Wildman–Crippen LogP) is 4.48. The summed E-state index contributed by atoms with van der Waals surface area (Å²) in [7, 11) is 0. The average Bonchev–Trinajstić information content (AvgIpc) is 3.49. The van der Waals surface area contributed by atoms with Gasteiger partial charge in [-0.05, 0) is 43.0 Å². The van der Waals surface area contributed by atoms with Crippen molar-refractivity contribution in [2.75, 3.05) is 19.7 Å². The Hall–Kier alpha value is -2.67. The van der Waals surface area contributed by atoms with E-state index in [0.717, 1.165) is 53.8 Å². The van der Waals surface area contributed by atoms with Gasteiger partial charge in [-0.3, -0.25) is 9.89 Å². The smallest absolute Gasteiger partial charge is 0.228 e. The van der Waals surface area contributed by atoms with E-state index in [-0.39, 0.29) is 11.8 Å². The number of hydrogen-bond acceptors (Lipinski definition) is 5. The molecule has 1 fully saturated rings. The quantitative estimate of drug-likeness (QED) is 0.563. The van der Waals surface area contributed by atoms with E-state index in [1.807, 2.05) is 29.3 Å². The van der Waals surface area contributed by atoms with E-state index >= 15 is 0 Å². The summed E-state index contributed by atoms with van der Waals surface area (Å²) in [4.78, 5) is 18.9. The van der Waals surface area contributed by atoms with E-state index in [1.165, 1.54) is 5.56 Å². The summed E-state index contributed by atoms with van der Waals surface area (Å²) in [5, 5.41) is 10.6. The Morgan fingerprint density at radius 2 is 2.13 bits per heavy atom. The molecule has 0 saturated carbocycles. The van der Waals surface area contributed by atoms with Crippen molar-refractivity contribution in [1.29, 1.82) is 0 Å². The van der Waals surface area contributed by atoms with Crippen LogP contribution >= 0.6 is 11.3 Å². The Morgan fingerprint density at radius 3 is 2.84 bits per heavy atom. The molecule has 1 amide bonds. The predicted molar refractivity (Wildman–Crippen MR) is 123 cm³/mol. The molecule has 4 rings (SSSR count). The van der Waals surface area contributed by atoms with Crippen LogP contribution in [0, 0.1) is 6.92 Å². The number of likely N-dealkylation sites (tertiary alicyclic amines) is 1. The lowest BCUT2D eigenvalue weighted by atomic mass is 10.0. The lowest BCUT2D eigenvalue weighted by Gasteiger charge is -2.15. The number of hydrogen-bond donors (Lipinski definition) is 1. The van der Waals surface area contributed by atoms with E-state index in [9.17, 15) is 4.79 Å². The molecular formula is C24H30N4O2S. The number of aryl methyl sites for hydroxylation is 1. The van der Waals surface area contributed by atoms with Crippen LogP contribution in [0.4, 0.5) is 0 Å². The lowest BCUT2D eigenvalue weighted by Crippen LogP contribution is -2.30. The number of nitrogens with zero attached hydrogens (tertiary/aromatic N) is 3. The first kappa shape index (κ1) is 21.6. The fourth-order valence-corrected chi connectivity index (χ4v) is 4.54. The Labute approximate surface area is 187 Å². The van der Waals surface area contributed by atoms with E-state index in [1.54, 1.807) is 11.3 Å². The molecule has 0 spiro atoms. The number of thiazole rings is 1. The van der Waals surface area contributed by atoms with Gasteiger partial charge >= 0.3 is 0 Å². The molecule has 1 atom stereocenters. The first-order chi connectivity index (χ1) is 15.0. The van der Waals surface area contributed by atoms with Crippen LogP contribution in [-0.2, 0) is 17.6 Å². The van der Waals surface area contributed by atoms with Crippen molar-refractivity contribution >= 4 is 17.2 Å². The topological polar surface area (TPSA) is 71.1 Å². The number of ether oxygens (including phenoxy) is 1. The van der Waals surface area contributed by atoms with E-state index in [2.05, 4.69) is 47.2 Å². The number of rotatable bonds is 8. The summed E-state index contributed by atoms with van der Waals surface area (Å²) in [5.74, 6) is 1.86. The number of benzene rings is 1. The molecule has 0 aliphatic carbocycles. The van der Waals surface area contributed by atoms with Gasteiger partial charge in [0.15, 0.2) is 0 Å². The molecule has 0 bridgehead atoms. The van der Waals surface area contributed by atoms with Gasteiger partial charge in [0.2, 0.25) is 5.91 Å². The van der Waals surface area contributed by atoms with Crippen LogP contribution in [0.5, 0.6) is 5.75 Å². The number of aromatic amines is 1. The van der Waals surface area contributed by atoms with Crippen molar-refractivity contribution in [1.82, 2.24) is 20.1 Å². The summed E-state index contributed by atoms with van der Waals surface area (Å²) < 4.78 is 5.88. The zero-order valence-electron chi connectivity index (χ0n) is 18.4. The van der Waals surface area contributed by atoms with Gasteiger partial charge < -0.3 is 9.64 Å². The number of H-pyrrole nitrogens is 1. The molecule has 3 aromatic rings. The van der Waals surface area contributed by atoms with Gasteiger partial charge in [-0.2, -0.15) is 5.10 Å². The van der Waals surface area contributed by atoms with Crippen molar-refractivity contribution in [3.63, 3.8) is 0 Å². The number of aromatic nitrogens is 3. The maximum absolute atomic E-state index is 12.6. The normalized spacial score (nSPS) is 16.3. The second-order valence-electron chi connectivity index (χ2n) is 8.50. The van der Waals surface area contributed by atoms with Crippen molar-refractivity contribution < 1.29 is 9.53 Å². The summed E-state index contributed by atoms with van der Waals surface area (Å²) in [6.07, 6.45) is 2.11. The Kier molecular flexibility index (Phi) is 6.70. The van der Waals surface area contributed by atoms with Gasteiger partial charge in [-0.25, -0.2) is 4.98 Å². The highest BCUT2D eigenvalue weighted by Gasteiger charge is 2.29. The van der Waals surface area contributed by atoms with Gasteiger partial charge in [0.25, 0.3) is 0 Å². The second kappa shape index (κ2) is 9.64. The highest BCUT2D eigenvalue weighted by molar-refractivity contribution is 7.09. The molecule has 164 valence electrons. The summed E-state index contributed by atoms with van der Waals surface area (Å²) in [6, 6.07) is 10.4. The first-order valence-electron chi connectivity index (χ1n) is 10.9. The molecule has 0 radical (unpaired) electrons. The van der Waals surface area contributed by atoms with Crippen molar-refractivity contribution in [3.8, 4) is 5.75 Å². The van der Waals surface area contributed by atoms with E-state index in [4.69, 9.17) is 4.74 Å². The molecule has 1 aliphatic rings. The summed E-state index contributed by atoms with van der Waals surface area (Å²) >= 11 is 1.59. The van der Waals surface area contributed by atoms with Crippen LogP contribution in [0.3, 0.4) is 0 Å². The number of amides is 1. The fraction of sp³-hybridized carbons (Fsp3) is 0.458. The van der Waals surface area contributed by atoms with Crippen molar-refractivity contribution in [3.05, 3.63) is 63.4 Å². The molecule has 6 nitrogen and oxygen atoms in total. The molecule has 2 aromatic heterocycles. The maximum Gasteiger partial charge on any atom is 0.228 e. The second-order valence-corrected chi connectivity index (χ2v) is 9.56. The third-order valence-electron chi connectivity index (χ3n) is 5.80. The Balaban J connectivity index is 1.24. The molecule has 7 heteroatoms. The Morgan fingerprint density at radius 1 is 1.32 bits per heavy atom. The van der Waals surface area contributed by atoms with Crippen LogP contribution in [0.1, 0.15) is 59.8 Å². The third-order valence-corrected chi connectivity index (χ3v) is 6.62. The van der Waals surface area contributed by atoms with Crippen LogP contribution in [0.2, 0.25) is 0 Å². The van der Waals surface area contributed by atoms with Crippen LogP contribution in [-0.4, -0.2) is 45.7 Å². The summed E-state index contributed by atoms with van der Waals surface area (Å²) in [6.45, 7) is 8.45. The molecule has 1 unspecified atom stereocenters. The number of carbonyl (C=O) groups excluding carboxylic acids is 1. The van der Waals surface area contributed by atoms with Gasteiger partial charge in [0, 0.05) is 36.5 Å². The summed E-state index contributed by atoms with van der Waals surface area (Å²) in [5.41, 5.74) is 4.29. The third kappa shape index (κ3) is 5.53. The maximum atomic E-state index is 12.6. The standard InChI is InChI=1S/C24H30N4O2S/c1-16(2)18-4-6-22(7-5-18)30-11-9-20-12-23(27-26-20)19-8-10-28(14-19)24(29)13-21-15-31-17(3)25-21/h4-7,12,15-16,19H,8-11,13-14H2,1-3H3,(H,26,27). The SMILES string of the molecule is Cc1nc(CC(=O)N2CCC(c3cc(CCOc4ccc(C(C)C)cc4)[nH]n3)C2)cs1. The highest BCUT2D eigenvalue weighted by Crippen LogP contribution is 2.27. The minimum Gasteiger partial charge on any atom is -0.493 e. The molecule has 1 saturated heterocycles. The minimum absolute atomic E-state index is 0.153.